The van der Waals surface area contributed by atoms with Crippen molar-refractivity contribution in [2.24, 2.45) is 0 Å². The van der Waals surface area contributed by atoms with Crippen LogP contribution in [0.5, 0.6) is 5.75 Å². The molecule has 1 heteroatoms. The van der Waals surface area contributed by atoms with Gasteiger partial charge in [0.2, 0.25) is 0 Å². The molecule has 1 heterocycles. The van der Waals surface area contributed by atoms with Crippen LogP contribution < -0.4 is 4.74 Å². The van der Waals surface area contributed by atoms with Crippen LogP contribution in [-0.4, -0.2) is 0 Å². The summed E-state index contributed by atoms with van der Waals surface area (Å²) in [6.07, 6.45) is 6.17. The summed E-state index contributed by atoms with van der Waals surface area (Å²) in [6, 6.07) is 8.62. The quantitative estimate of drug-likeness (QED) is 0.700. The number of benzene rings is 2. The molecule has 0 N–H and O–H groups in total. The zero-order valence-corrected chi connectivity index (χ0v) is 12.9. The maximum Gasteiger partial charge on any atom is 0.130 e. The fourth-order valence-corrected chi connectivity index (χ4v) is 2.97. The van der Waals surface area contributed by atoms with Gasteiger partial charge >= 0.3 is 0 Å². The molecule has 1 aliphatic heterocycles. The maximum absolute atomic E-state index is 6.02. The number of allylic oxidation sites excluding steroid dienone is 1. The second kappa shape index (κ2) is 5.25. The Morgan fingerprint density at radius 3 is 2.67 bits per heavy atom. The van der Waals surface area contributed by atoms with Gasteiger partial charge in [0.15, 0.2) is 0 Å². The maximum atomic E-state index is 6.02. The minimum absolute atomic E-state index is 0.634. The van der Waals surface area contributed by atoms with E-state index in [-0.39, 0.29) is 0 Å². The zero-order chi connectivity index (χ0) is 15.0. The van der Waals surface area contributed by atoms with Crippen LogP contribution in [0.4, 0.5) is 0 Å². The monoisotopic (exact) mass is 276 g/mol. The molecule has 0 atom stereocenters. The smallest absolute Gasteiger partial charge is 0.130 e. The molecule has 1 aliphatic rings. The summed E-state index contributed by atoms with van der Waals surface area (Å²) < 4.78 is 6.02. The highest BCUT2D eigenvalue weighted by Crippen LogP contribution is 2.43. The van der Waals surface area contributed by atoms with Gasteiger partial charge in [-0.3, -0.25) is 0 Å². The first-order chi connectivity index (χ1) is 10.2. The van der Waals surface area contributed by atoms with Crippen molar-refractivity contribution in [3.05, 3.63) is 64.7 Å². The lowest BCUT2D eigenvalue weighted by Gasteiger charge is -2.25. The molecule has 2 aromatic rings. The molecule has 0 radical (unpaired) electrons. The minimum atomic E-state index is 0.634. The zero-order valence-electron chi connectivity index (χ0n) is 12.9. The van der Waals surface area contributed by atoms with Gasteiger partial charge < -0.3 is 4.74 Å². The van der Waals surface area contributed by atoms with Crippen LogP contribution in [0.15, 0.2) is 36.9 Å². The molecule has 0 aliphatic carbocycles. The molecule has 1 nitrogen and oxygen atoms in total. The van der Waals surface area contributed by atoms with E-state index in [4.69, 9.17) is 4.74 Å². The Hall–Kier alpha value is -2.28. The summed E-state index contributed by atoms with van der Waals surface area (Å²) in [5.41, 5.74) is 8.62. The molecular formula is C20H20O. The average Bonchev–Trinajstić information content (AvgIpc) is 2.51. The first-order valence-corrected chi connectivity index (χ1v) is 7.31. The topological polar surface area (TPSA) is 9.23 Å². The second-order valence-corrected chi connectivity index (χ2v) is 5.48. The molecular weight excluding hydrogens is 256 g/mol. The SMILES string of the molecule is C=Cc1ccc2c(c1/C=C\C)-c1ccc(C)c(C)c1OC2. The summed E-state index contributed by atoms with van der Waals surface area (Å²) in [5.74, 6) is 1.02. The lowest BCUT2D eigenvalue weighted by atomic mass is 9.87. The molecule has 106 valence electrons. The fourth-order valence-electron chi connectivity index (χ4n) is 2.97. The van der Waals surface area contributed by atoms with E-state index in [1.807, 2.05) is 13.0 Å². The molecule has 0 amide bonds. The largest absolute Gasteiger partial charge is 0.488 e. The van der Waals surface area contributed by atoms with Crippen molar-refractivity contribution >= 4 is 12.2 Å². The van der Waals surface area contributed by atoms with Gasteiger partial charge in [-0.25, -0.2) is 0 Å². The van der Waals surface area contributed by atoms with Crippen LogP contribution in [0, 0.1) is 13.8 Å². The van der Waals surface area contributed by atoms with Crippen molar-refractivity contribution in [1.82, 2.24) is 0 Å². The van der Waals surface area contributed by atoms with E-state index in [1.165, 1.54) is 33.4 Å². The number of hydrogen-bond acceptors (Lipinski definition) is 1. The summed E-state index contributed by atoms with van der Waals surface area (Å²) in [6.45, 7) is 10.9. The molecule has 0 fully saturated rings. The molecule has 0 bridgehead atoms. The van der Waals surface area contributed by atoms with Crippen molar-refractivity contribution in [2.75, 3.05) is 0 Å². The average molecular weight is 276 g/mol. The molecule has 21 heavy (non-hydrogen) atoms. The van der Waals surface area contributed by atoms with Crippen LogP contribution in [0.3, 0.4) is 0 Å². The summed E-state index contributed by atoms with van der Waals surface area (Å²) in [5, 5.41) is 0. The number of rotatable bonds is 2. The number of ether oxygens (including phenoxy) is 1. The highest BCUT2D eigenvalue weighted by Gasteiger charge is 2.22. The summed E-state index contributed by atoms with van der Waals surface area (Å²) in [4.78, 5) is 0. The third-order valence-electron chi connectivity index (χ3n) is 4.24. The number of aryl methyl sites for hydroxylation is 1. The van der Waals surface area contributed by atoms with Crippen LogP contribution >= 0.6 is 0 Å². The summed E-state index contributed by atoms with van der Waals surface area (Å²) in [7, 11) is 0. The van der Waals surface area contributed by atoms with Gasteiger partial charge in [0.25, 0.3) is 0 Å². The van der Waals surface area contributed by atoms with E-state index in [0.29, 0.717) is 6.61 Å². The van der Waals surface area contributed by atoms with Gasteiger partial charge in [0, 0.05) is 5.56 Å². The Morgan fingerprint density at radius 2 is 1.95 bits per heavy atom. The molecule has 0 unspecified atom stereocenters. The predicted molar refractivity (Wildman–Crippen MR) is 90.5 cm³/mol. The lowest BCUT2D eigenvalue weighted by molar-refractivity contribution is 0.300. The first-order valence-electron chi connectivity index (χ1n) is 7.31. The van der Waals surface area contributed by atoms with Gasteiger partial charge in [0.1, 0.15) is 12.4 Å². The van der Waals surface area contributed by atoms with E-state index in [9.17, 15) is 0 Å². The van der Waals surface area contributed by atoms with Gasteiger partial charge in [0.05, 0.1) is 0 Å². The highest BCUT2D eigenvalue weighted by atomic mass is 16.5. The number of fused-ring (bicyclic) bond motifs is 3. The Labute approximate surface area is 126 Å². The molecule has 0 aromatic heterocycles. The van der Waals surface area contributed by atoms with Gasteiger partial charge in [-0.1, -0.05) is 49.1 Å². The first kappa shape index (κ1) is 13.7. The van der Waals surface area contributed by atoms with Gasteiger partial charge in [-0.05, 0) is 54.2 Å². The Kier molecular flexibility index (Phi) is 3.42. The van der Waals surface area contributed by atoms with Crippen LogP contribution in [-0.2, 0) is 6.61 Å². The lowest BCUT2D eigenvalue weighted by Crippen LogP contribution is -2.09. The Morgan fingerprint density at radius 1 is 1.14 bits per heavy atom. The third-order valence-corrected chi connectivity index (χ3v) is 4.24. The van der Waals surface area contributed by atoms with Crippen LogP contribution in [0.25, 0.3) is 23.3 Å². The van der Waals surface area contributed by atoms with E-state index >= 15 is 0 Å². The second-order valence-electron chi connectivity index (χ2n) is 5.48. The Bertz CT molecular complexity index is 751. The van der Waals surface area contributed by atoms with E-state index in [2.05, 4.69) is 56.8 Å². The van der Waals surface area contributed by atoms with Crippen molar-refractivity contribution in [3.63, 3.8) is 0 Å². The van der Waals surface area contributed by atoms with Crippen molar-refractivity contribution in [2.45, 2.75) is 27.4 Å². The molecule has 0 saturated heterocycles. The van der Waals surface area contributed by atoms with Crippen molar-refractivity contribution < 1.29 is 4.74 Å². The van der Waals surface area contributed by atoms with Crippen LogP contribution in [0.1, 0.15) is 34.7 Å². The standard InChI is InChI=1S/C20H20O/c1-5-7-17-15(6-2)9-10-16-12-21-20-14(4)13(3)8-11-18(20)19(16)17/h5-11H,2,12H2,1,3-4H3/b7-5-. The summed E-state index contributed by atoms with van der Waals surface area (Å²) >= 11 is 0. The highest BCUT2D eigenvalue weighted by molar-refractivity contribution is 5.87. The normalized spacial score (nSPS) is 12.7. The molecule has 0 spiro atoms. The third kappa shape index (κ3) is 2.09. The molecule has 0 saturated carbocycles. The Balaban J connectivity index is 2.37. The van der Waals surface area contributed by atoms with E-state index < -0.39 is 0 Å². The van der Waals surface area contributed by atoms with Gasteiger partial charge in [-0.2, -0.15) is 0 Å². The van der Waals surface area contributed by atoms with Crippen molar-refractivity contribution in [1.29, 1.82) is 0 Å². The van der Waals surface area contributed by atoms with E-state index in [1.54, 1.807) is 0 Å². The van der Waals surface area contributed by atoms with E-state index in [0.717, 1.165) is 11.3 Å². The minimum Gasteiger partial charge on any atom is -0.488 e. The predicted octanol–water partition coefficient (Wildman–Crippen LogP) is 5.54. The van der Waals surface area contributed by atoms with Crippen LogP contribution in [0.2, 0.25) is 0 Å². The number of hydrogen-bond donors (Lipinski definition) is 0. The molecule has 3 rings (SSSR count). The molecule has 2 aromatic carbocycles. The van der Waals surface area contributed by atoms with Gasteiger partial charge in [-0.15, -0.1) is 0 Å². The van der Waals surface area contributed by atoms with Crippen molar-refractivity contribution in [3.8, 4) is 16.9 Å². The fraction of sp³-hybridized carbons (Fsp3) is 0.200.